The molecule has 0 amide bonds. The van der Waals surface area contributed by atoms with E-state index in [1.165, 1.54) is 44.9 Å². The Kier molecular flexibility index (Phi) is 4.45. The van der Waals surface area contributed by atoms with E-state index in [0.717, 1.165) is 25.0 Å². The average Bonchev–Trinajstić information content (AvgIpc) is 2.30. The Morgan fingerprint density at radius 1 is 0.933 bits per heavy atom. The second-order valence-corrected chi connectivity index (χ2v) is 5.04. The summed E-state index contributed by atoms with van der Waals surface area (Å²) in [5, 5.41) is 0. The van der Waals surface area contributed by atoms with Crippen LogP contribution in [-0.2, 0) is 9.47 Å². The molecule has 2 saturated carbocycles. The Labute approximate surface area is 93.3 Å². The zero-order valence-corrected chi connectivity index (χ0v) is 9.91. The molecule has 15 heavy (non-hydrogen) atoms. The summed E-state index contributed by atoms with van der Waals surface area (Å²) in [6.45, 7) is 1.53. The molecule has 0 bridgehead atoms. The Morgan fingerprint density at radius 2 is 1.73 bits per heavy atom. The van der Waals surface area contributed by atoms with Gasteiger partial charge in [-0.3, -0.25) is 0 Å². The second-order valence-electron chi connectivity index (χ2n) is 5.04. The van der Waals surface area contributed by atoms with Crippen LogP contribution in [0, 0.1) is 11.8 Å². The molecule has 0 aromatic carbocycles. The Balaban J connectivity index is 1.81. The van der Waals surface area contributed by atoms with Crippen molar-refractivity contribution >= 4 is 0 Å². The normalized spacial score (nSPS) is 36.2. The van der Waals surface area contributed by atoms with Crippen LogP contribution >= 0.6 is 0 Å². The van der Waals surface area contributed by atoms with Crippen molar-refractivity contribution in [1.29, 1.82) is 0 Å². The number of rotatable bonds is 4. The van der Waals surface area contributed by atoms with Crippen molar-refractivity contribution in [2.24, 2.45) is 11.8 Å². The minimum Gasteiger partial charge on any atom is -0.382 e. The molecule has 0 radical (unpaired) electrons. The van der Waals surface area contributed by atoms with Gasteiger partial charge in [0.05, 0.1) is 19.3 Å². The van der Waals surface area contributed by atoms with E-state index in [9.17, 15) is 0 Å². The quantitative estimate of drug-likeness (QED) is 0.667. The highest BCUT2D eigenvalue weighted by Gasteiger charge is 2.35. The molecule has 2 heteroatoms. The Morgan fingerprint density at radius 3 is 2.60 bits per heavy atom. The molecule has 2 aliphatic rings. The predicted molar refractivity (Wildman–Crippen MR) is 60.9 cm³/mol. The maximum absolute atomic E-state index is 5.97. The van der Waals surface area contributed by atoms with Crippen LogP contribution in [0.15, 0.2) is 0 Å². The molecule has 0 aromatic rings. The van der Waals surface area contributed by atoms with Crippen molar-refractivity contribution in [3.63, 3.8) is 0 Å². The van der Waals surface area contributed by atoms with E-state index in [1.807, 2.05) is 0 Å². The number of methoxy groups -OCH3 is 1. The van der Waals surface area contributed by atoms with Gasteiger partial charge in [-0.1, -0.05) is 25.7 Å². The zero-order valence-electron chi connectivity index (χ0n) is 9.91. The third-order valence-electron chi connectivity index (χ3n) is 4.13. The second kappa shape index (κ2) is 5.86. The van der Waals surface area contributed by atoms with E-state index in [2.05, 4.69) is 0 Å². The summed E-state index contributed by atoms with van der Waals surface area (Å²) in [7, 11) is 1.74. The smallest absolute Gasteiger partial charge is 0.0704 e. The molecule has 0 spiro atoms. The van der Waals surface area contributed by atoms with Gasteiger partial charge in [-0.15, -0.1) is 0 Å². The first-order valence-electron chi connectivity index (χ1n) is 6.52. The highest BCUT2D eigenvalue weighted by Crippen LogP contribution is 2.41. The van der Waals surface area contributed by atoms with E-state index >= 15 is 0 Å². The SMILES string of the molecule is COCCOC1CCCC2CCCCC21. The monoisotopic (exact) mass is 212 g/mol. The van der Waals surface area contributed by atoms with Crippen molar-refractivity contribution in [2.45, 2.75) is 51.0 Å². The maximum Gasteiger partial charge on any atom is 0.0704 e. The lowest BCUT2D eigenvalue weighted by atomic mass is 9.69. The average molecular weight is 212 g/mol. The van der Waals surface area contributed by atoms with Crippen LogP contribution in [0.4, 0.5) is 0 Å². The van der Waals surface area contributed by atoms with Crippen LogP contribution < -0.4 is 0 Å². The molecule has 0 aliphatic heterocycles. The van der Waals surface area contributed by atoms with Crippen LogP contribution in [0.3, 0.4) is 0 Å². The fourth-order valence-electron chi connectivity index (χ4n) is 3.37. The van der Waals surface area contributed by atoms with Crippen molar-refractivity contribution in [1.82, 2.24) is 0 Å². The van der Waals surface area contributed by atoms with Crippen LogP contribution in [-0.4, -0.2) is 26.4 Å². The minimum absolute atomic E-state index is 0.541. The molecule has 0 saturated heterocycles. The fourth-order valence-corrected chi connectivity index (χ4v) is 3.37. The van der Waals surface area contributed by atoms with Gasteiger partial charge < -0.3 is 9.47 Å². The highest BCUT2D eigenvalue weighted by molar-refractivity contribution is 4.85. The molecule has 88 valence electrons. The van der Waals surface area contributed by atoms with Gasteiger partial charge >= 0.3 is 0 Å². The van der Waals surface area contributed by atoms with Gasteiger partial charge in [0.2, 0.25) is 0 Å². The molecule has 2 fully saturated rings. The topological polar surface area (TPSA) is 18.5 Å². The lowest BCUT2D eigenvalue weighted by Crippen LogP contribution is -2.37. The predicted octanol–water partition coefficient (Wildman–Crippen LogP) is 3.01. The number of ether oxygens (including phenoxy) is 2. The van der Waals surface area contributed by atoms with E-state index in [0.29, 0.717) is 6.10 Å². The molecule has 2 aliphatic carbocycles. The summed E-state index contributed by atoms with van der Waals surface area (Å²) < 4.78 is 11.0. The molecule has 3 atom stereocenters. The first-order chi connectivity index (χ1) is 7.42. The summed E-state index contributed by atoms with van der Waals surface area (Å²) in [5.41, 5.74) is 0. The van der Waals surface area contributed by atoms with Gasteiger partial charge in [0.1, 0.15) is 0 Å². The number of hydrogen-bond acceptors (Lipinski definition) is 2. The Bertz CT molecular complexity index is 179. The lowest BCUT2D eigenvalue weighted by Gasteiger charge is -2.41. The molecule has 3 unspecified atom stereocenters. The first kappa shape index (κ1) is 11.4. The van der Waals surface area contributed by atoms with Gasteiger partial charge in [0.15, 0.2) is 0 Å². The van der Waals surface area contributed by atoms with Gasteiger partial charge in [-0.25, -0.2) is 0 Å². The number of fused-ring (bicyclic) bond motifs is 1. The molecular weight excluding hydrogens is 188 g/mol. The maximum atomic E-state index is 5.97. The molecule has 0 aromatic heterocycles. The summed E-state index contributed by atoms with van der Waals surface area (Å²) in [5.74, 6) is 1.84. The Hall–Kier alpha value is -0.0800. The lowest BCUT2D eigenvalue weighted by molar-refractivity contribution is -0.0601. The fraction of sp³-hybridized carbons (Fsp3) is 1.00. The summed E-state index contributed by atoms with van der Waals surface area (Å²) in [6, 6.07) is 0. The first-order valence-corrected chi connectivity index (χ1v) is 6.52. The third-order valence-corrected chi connectivity index (χ3v) is 4.13. The zero-order chi connectivity index (χ0) is 10.5. The minimum atomic E-state index is 0.541. The van der Waals surface area contributed by atoms with E-state index in [4.69, 9.17) is 9.47 Å². The van der Waals surface area contributed by atoms with Gasteiger partial charge in [-0.2, -0.15) is 0 Å². The van der Waals surface area contributed by atoms with Gasteiger partial charge in [0, 0.05) is 7.11 Å². The molecule has 2 nitrogen and oxygen atoms in total. The largest absolute Gasteiger partial charge is 0.382 e. The standard InChI is InChI=1S/C13H24O2/c1-14-9-10-15-13-8-4-6-11-5-2-3-7-12(11)13/h11-13H,2-10H2,1H3. The van der Waals surface area contributed by atoms with Crippen LogP contribution in [0.25, 0.3) is 0 Å². The molecular formula is C13H24O2. The van der Waals surface area contributed by atoms with Crippen LogP contribution in [0.1, 0.15) is 44.9 Å². The summed E-state index contributed by atoms with van der Waals surface area (Å²) >= 11 is 0. The molecule has 2 rings (SSSR count). The third kappa shape index (κ3) is 2.94. The van der Waals surface area contributed by atoms with Crippen molar-refractivity contribution in [3.8, 4) is 0 Å². The van der Waals surface area contributed by atoms with Crippen molar-refractivity contribution in [2.75, 3.05) is 20.3 Å². The molecule has 0 heterocycles. The van der Waals surface area contributed by atoms with E-state index in [-0.39, 0.29) is 0 Å². The van der Waals surface area contributed by atoms with Crippen molar-refractivity contribution in [3.05, 3.63) is 0 Å². The highest BCUT2D eigenvalue weighted by atomic mass is 16.5. The number of hydrogen-bond donors (Lipinski definition) is 0. The van der Waals surface area contributed by atoms with Gasteiger partial charge in [0.25, 0.3) is 0 Å². The van der Waals surface area contributed by atoms with Crippen LogP contribution in [0.5, 0.6) is 0 Å². The van der Waals surface area contributed by atoms with Gasteiger partial charge in [-0.05, 0) is 31.1 Å². The van der Waals surface area contributed by atoms with E-state index < -0.39 is 0 Å². The van der Waals surface area contributed by atoms with E-state index in [1.54, 1.807) is 7.11 Å². The van der Waals surface area contributed by atoms with Crippen LogP contribution in [0.2, 0.25) is 0 Å². The van der Waals surface area contributed by atoms with Crippen molar-refractivity contribution < 1.29 is 9.47 Å². The molecule has 0 N–H and O–H groups in total. The summed E-state index contributed by atoms with van der Waals surface area (Å²) in [6.07, 6.45) is 10.4. The summed E-state index contributed by atoms with van der Waals surface area (Å²) in [4.78, 5) is 0.